The second-order valence-electron chi connectivity index (χ2n) is 6.44. The molecule has 2 rings (SSSR count). The summed E-state index contributed by atoms with van der Waals surface area (Å²) in [5.41, 5.74) is 2.93. The third kappa shape index (κ3) is 5.78. The predicted molar refractivity (Wildman–Crippen MR) is 106 cm³/mol. The Morgan fingerprint density at radius 1 is 1.11 bits per heavy atom. The van der Waals surface area contributed by atoms with E-state index >= 15 is 0 Å². The molecule has 0 unspecified atom stereocenters. The molecule has 0 aromatic heterocycles. The zero-order valence-corrected chi connectivity index (χ0v) is 16.2. The molecule has 5 heteroatoms. The summed E-state index contributed by atoms with van der Waals surface area (Å²) < 4.78 is 17.1. The number of rotatable bonds is 9. The summed E-state index contributed by atoms with van der Waals surface area (Å²) in [4.78, 5) is 10.8. The van der Waals surface area contributed by atoms with Gasteiger partial charge in [-0.2, -0.15) is 0 Å². The number of hydrogen-bond donors (Lipinski definition) is 1. The molecule has 1 N–H and O–H groups in total. The average molecular weight is 370 g/mol. The molecule has 0 heterocycles. The van der Waals surface area contributed by atoms with E-state index in [-0.39, 0.29) is 0 Å². The number of aliphatic carboxylic acids is 1. The topological polar surface area (TPSA) is 65.0 Å². The summed E-state index contributed by atoms with van der Waals surface area (Å²) in [7, 11) is 1.55. The second-order valence-corrected chi connectivity index (χ2v) is 6.44. The van der Waals surface area contributed by atoms with Crippen LogP contribution in [0.5, 0.6) is 17.2 Å². The van der Waals surface area contributed by atoms with Crippen LogP contribution in [0, 0.1) is 6.92 Å². The van der Waals surface area contributed by atoms with E-state index in [0.717, 1.165) is 23.0 Å². The van der Waals surface area contributed by atoms with Crippen LogP contribution in [-0.4, -0.2) is 31.4 Å². The number of carboxylic acid groups (broad SMARTS) is 1. The van der Waals surface area contributed by atoms with Crippen LogP contribution in [-0.2, 0) is 4.79 Å². The van der Waals surface area contributed by atoms with Crippen molar-refractivity contribution in [1.29, 1.82) is 0 Å². The molecule has 0 spiro atoms. The number of methoxy groups -OCH3 is 1. The maximum absolute atomic E-state index is 10.8. The smallest absolute Gasteiger partial charge is 0.328 e. The van der Waals surface area contributed by atoms with Crippen LogP contribution in [0.25, 0.3) is 6.08 Å². The SMILES string of the molecule is COc1cccc(C=CC(=O)O)c1OCCOc1cc(C)ccc1C(C)C. The summed E-state index contributed by atoms with van der Waals surface area (Å²) >= 11 is 0. The summed E-state index contributed by atoms with van der Waals surface area (Å²) in [6, 6.07) is 11.5. The van der Waals surface area contributed by atoms with Crippen molar-refractivity contribution < 1.29 is 24.1 Å². The predicted octanol–water partition coefficient (Wildman–Crippen LogP) is 4.68. The van der Waals surface area contributed by atoms with Gasteiger partial charge in [0.25, 0.3) is 0 Å². The average Bonchev–Trinajstić information content (AvgIpc) is 2.63. The summed E-state index contributed by atoms with van der Waals surface area (Å²) in [5, 5.41) is 8.85. The fourth-order valence-electron chi connectivity index (χ4n) is 2.68. The highest BCUT2D eigenvalue weighted by atomic mass is 16.5. The van der Waals surface area contributed by atoms with Gasteiger partial charge in [0.05, 0.1) is 7.11 Å². The fourth-order valence-corrected chi connectivity index (χ4v) is 2.68. The van der Waals surface area contributed by atoms with Crippen molar-refractivity contribution in [1.82, 2.24) is 0 Å². The molecule has 0 aliphatic carbocycles. The lowest BCUT2D eigenvalue weighted by atomic mass is 10.0. The van der Waals surface area contributed by atoms with E-state index in [1.807, 2.05) is 13.0 Å². The lowest BCUT2D eigenvalue weighted by Gasteiger charge is -2.16. The Balaban J connectivity index is 2.07. The molecule has 0 saturated heterocycles. The quantitative estimate of drug-likeness (QED) is 0.513. The molecule has 0 saturated carbocycles. The zero-order valence-electron chi connectivity index (χ0n) is 16.2. The van der Waals surface area contributed by atoms with Crippen LogP contribution in [0.4, 0.5) is 0 Å². The Hall–Kier alpha value is -2.95. The highest BCUT2D eigenvalue weighted by molar-refractivity contribution is 5.86. The Morgan fingerprint density at radius 2 is 1.85 bits per heavy atom. The zero-order chi connectivity index (χ0) is 19.8. The number of aryl methyl sites for hydroxylation is 1. The summed E-state index contributed by atoms with van der Waals surface area (Å²) in [6.07, 6.45) is 2.55. The molecule has 2 aromatic carbocycles. The number of para-hydroxylation sites is 1. The maximum atomic E-state index is 10.8. The van der Waals surface area contributed by atoms with Crippen molar-refractivity contribution in [3.63, 3.8) is 0 Å². The first-order valence-electron chi connectivity index (χ1n) is 8.86. The van der Waals surface area contributed by atoms with Crippen molar-refractivity contribution in [2.45, 2.75) is 26.7 Å². The number of benzene rings is 2. The molecule has 0 aliphatic heterocycles. The van der Waals surface area contributed by atoms with Crippen molar-refractivity contribution in [2.24, 2.45) is 0 Å². The van der Waals surface area contributed by atoms with Crippen LogP contribution >= 0.6 is 0 Å². The van der Waals surface area contributed by atoms with Crippen LogP contribution in [0.1, 0.15) is 36.5 Å². The Labute approximate surface area is 160 Å². The maximum Gasteiger partial charge on any atom is 0.328 e. The largest absolute Gasteiger partial charge is 0.493 e. The lowest BCUT2D eigenvalue weighted by molar-refractivity contribution is -0.131. The third-order valence-electron chi connectivity index (χ3n) is 4.01. The Morgan fingerprint density at radius 3 is 2.52 bits per heavy atom. The van der Waals surface area contributed by atoms with Crippen LogP contribution in [0.3, 0.4) is 0 Å². The summed E-state index contributed by atoms with van der Waals surface area (Å²) in [5.74, 6) is 1.24. The van der Waals surface area contributed by atoms with E-state index in [0.29, 0.717) is 36.2 Å². The van der Waals surface area contributed by atoms with Gasteiger partial charge in [-0.25, -0.2) is 4.79 Å². The van der Waals surface area contributed by atoms with Crippen molar-refractivity contribution >= 4 is 12.0 Å². The van der Waals surface area contributed by atoms with Gasteiger partial charge in [-0.1, -0.05) is 38.1 Å². The first kappa shape index (κ1) is 20.4. The van der Waals surface area contributed by atoms with Gasteiger partial charge in [0, 0.05) is 11.6 Å². The monoisotopic (exact) mass is 370 g/mol. The summed E-state index contributed by atoms with van der Waals surface area (Å²) in [6.45, 7) is 6.96. The fraction of sp³-hybridized carbons (Fsp3) is 0.318. The molecular weight excluding hydrogens is 344 g/mol. The Kier molecular flexibility index (Phi) is 7.29. The van der Waals surface area contributed by atoms with Crippen molar-refractivity contribution in [2.75, 3.05) is 20.3 Å². The van der Waals surface area contributed by atoms with Gasteiger partial charge in [-0.15, -0.1) is 0 Å². The second kappa shape index (κ2) is 9.67. The lowest BCUT2D eigenvalue weighted by Crippen LogP contribution is -2.11. The van der Waals surface area contributed by atoms with E-state index in [9.17, 15) is 4.79 Å². The van der Waals surface area contributed by atoms with Crippen molar-refractivity contribution in [3.05, 3.63) is 59.2 Å². The van der Waals surface area contributed by atoms with Crippen LogP contribution in [0.2, 0.25) is 0 Å². The van der Waals surface area contributed by atoms with E-state index in [2.05, 4.69) is 26.0 Å². The first-order valence-corrected chi connectivity index (χ1v) is 8.86. The molecule has 0 radical (unpaired) electrons. The van der Waals surface area contributed by atoms with E-state index in [1.54, 1.807) is 25.3 Å². The molecule has 2 aromatic rings. The number of ether oxygens (including phenoxy) is 3. The normalized spacial score (nSPS) is 11.0. The molecule has 0 bridgehead atoms. The Bertz CT molecular complexity index is 808. The van der Waals surface area contributed by atoms with Gasteiger partial charge in [0.2, 0.25) is 0 Å². The molecule has 0 fully saturated rings. The van der Waals surface area contributed by atoms with E-state index in [4.69, 9.17) is 19.3 Å². The van der Waals surface area contributed by atoms with Gasteiger partial charge in [0.15, 0.2) is 11.5 Å². The molecule has 5 nitrogen and oxygen atoms in total. The highest BCUT2D eigenvalue weighted by Crippen LogP contribution is 2.32. The first-order chi connectivity index (χ1) is 12.9. The molecule has 27 heavy (non-hydrogen) atoms. The molecule has 144 valence electrons. The molecule has 0 atom stereocenters. The number of carbonyl (C=O) groups is 1. The molecule has 0 amide bonds. The van der Waals surface area contributed by atoms with Gasteiger partial charge < -0.3 is 19.3 Å². The minimum atomic E-state index is -1.02. The standard InChI is InChI=1S/C22H26O5/c1-15(2)18-10-8-16(3)14-20(18)26-12-13-27-22-17(9-11-21(23)24)6-5-7-19(22)25-4/h5-11,14-15H,12-13H2,1-4H3,(H,23,24). The number of hydrogen-bond acceptors (Lipinski definition) is 4. The molecule has 0 aliphatic rings. The van der Waals surface area contributed by atoms with Crippen LogP contribution < -0.4 is 14.2 Å². The van der Waals surface area contributed by atoms with E-state index < -0.39 is 5.97 Å². The van der Waals surface area contributed by atoms with Crippen LogP contribution in [0.15, 0.2) is 42.5 Å². The van der Waals surface area contributed by atoms with E-state index in [1.165, 1.54) is 6.08 Å². The van der Waals surface area contributed by atoms with Crippen molar-refractivity contribution in [3.8, 4) is 17.2 Å². The molecular formula is C22H26O5. The van der Waals surface area contributed by atoms with Gasteiger partial charge >= 0.3 is 5.97 Å². The minimum Gasteiger partial charge on any atom is -0.493 e. The van der Waals surface area contributed by atoms with Gasteiger partial charge in [-0.3, -0.25) is 0 Å². The minimum absolute atomic E-state index is 0.305. The third-order valence-corrected chi connectivity index (χ3v) is 4.01. The van der Waals surface area contributed by atoms with Gasteiger partial charge in [-0.05, 0) is 42.2 Å². The number of carboxylic acids is 1. The van der Waals surface area contributed by atoms with Gasteiger partial charge in [0.1, 0.15) is 19.0 Å². The highest BCUT2D eigenvalue weighted by Gasteiger charge is 2.11.